The van der Waals surface area contributed by atoms with E-state index in [0.717, 1.165) is 0 Å². The van der Waals surface area contributed by atoms with Gasteiger partial charge in [0.25, 0.3) is 0 Å². The maximum absolute atomic E-state index is 11.0. The van der Waals surface area contributed by atoms with Crippen LogP contribution in [0.15, 0.2) is 29.1 Å². The Morgan fingerprint density at radius 2 is 2.08 bits per heavy atom. The van der Waals surface area contributed by atoms with Crippen LogP contribution in [0.5, 0.6) is 0 Å². The van der Waals surface area contributed by atoms with Gasteiger partial charge < -0.3 is 10.9 Å². The van der Waals surface area contributed by atoms with Crippen LogP contribution >= 0.6 is 0 Å². The van der Waals surface area contributed by atoms with Gasteiger partial charge in [-0.1, -0.05) is 12.1 Å². The molecule has 13 heavy (non-hydrogen) atoms. The van der Waals surface area contributed by atoms with Gasteiger partial charge in [0.2, 0.25) is 0 Å². The lowest BCUT2D eigenvalue weighted by atomic mass is 10.2. The van der Waals surface area contributed by atoms with E-state index >= 15 is 0 Å². The van der Waals surface area contributed by atoms with Crippen molar-refractivity contribution >= 4 is 16.7 Å². The largest absolute Gasteiger partial charge is 0.422 e. The number of aromatic nitrogens is 2. The van der Waals surface area contributed by atoms with E-state index in [9.17, 15) is 4.79 Å². The summed E-state index contributed by atoms with van der Waals surface area (Å²) in [5, 5.41) is 9.68. The molecule has 0 amide bonds. The van der Waals surface area contributed by atoms with Crippen molar-refractivity contribution < 1.29 is 5.21 Å². The fraction of sp³-hybridized carbons (Fsp3) is 0. The molecule has 0 atom stereocenters. The molecule has 2 aromatic rings. The summed E-state index contributed by atoms with van der Waals surface area (Å²) in [5.41, 5.74) is 5.21. The zero-order valence-corrected chi connectivity index (χ0v) is 6.64. The molecule has 1 aromatic carbocycles. The van der Waals surface area contributed by atoms with E-state index in [-0.39, 0.29) is 5.82 Å². The Kier molecular flexibility index (Phi) is 1.45. The van der Waals surface area contributed by atoms with Gasteiger partial charge in [-0.3, -0.25) is 0 Å². The first-order valence-electron chi connectivity index (χ1n) is 3.66. The molecule has 0 aliphatic heterocycles. The number of hydrogen-bond donors (Lipinski definition) is 2. The third-order valence-electron chi connectivity index (χ3n) is 1.81. The second-order valence-corrected chi connectivity index (χ2v) is 2.61. The molecule has 0 spiro atoms. The van der Waals surface area contributed by atoms with E-state index in [0.29, 0.717) is 15.6 Å². The molecule has 5 heteroatoms. The Morgan fingerprint density at radius 3 is 2.85 bits per heavy atom. The van der Waals surface area contributed by atoms with Gasteiger partial charge in [0.15, 0.2) is 5.82 Å². The smallest absolute Gasteiger partial charge is 0.382 e. The maximum Gasteiger partial charge on any atom is 0.382 e. The highest BCUT2D eigenvalue weighted by atomic mass is 16.5. The monoisotopic (exact) mass is 177 g/mol. The lowest BCUT2D eigenvalue weighted by Gasteiger charge is -2.03. The van der Waals surface area contributed by atoms with E-state index in [1.165, 1.54) is 0 Å². The third-order valence-corrected chi connectivity index (χ3v) is 1.81. The van der Waals surface area contributed by atoms with Crippen LogP contribution in [0, 0.1) is 0 Å². The number of nitrogens with two attached hydrogens (primary N) is 1. The fourth-order valence-corrected chi connectivity index (χ4v) is 1.16. The summed E-state index contributed by atoms with van der Waals surface area (Å²) in [4.78, 5) is 14.6. The molecule has 0 saturated carbocycles. The highest BCUT2D eigenvalue weighted by Crippen LogP contribution is 2.14. The SMILES string of the molecule is Nc1c2ccccc2nc(=O)n1O. The molecular weight excluding hydrogens is 170 g/mol. The normalized spacial score (nSPS) is 10.5. The summed E-state index contributed by atoms with van der Waals surface area (Å²) >= 11 is 0. The van der Waals surface area contributed by atoms with E-state index in [2.05, 4.69) is 4.98 Å². The van der Waals surface area contributed by atoms with Crippen molar-refractivity contribution in [2.45, 2.75) is 0 Å². The zero-order valence-electron chi connectivity index (χ0n) is 6.64. The summed E-state index contributed by atoms with van der Waals surface area (Å²) in [5.74, 6) is 0.00981. The minimum atomic E-state index is -0.767. The van der Waals surface area contributed by atoms with E-state index in [1.54, 1.807) is 24.3 Å². The van der Waals surface area contributed by atoms with E-state index < -0.39 is 5.69 Å². The van der Waals surface area contributed by atoms with Crippen molar-refractivity contribution in [1.29, 1.82) is 0 Å². The van der Waals surface area contributed by atoms with Crippen LogP contribution in [0.25, 0.3) is 10.9 Å². The van der Waals surface area contributed by atoms with Crippen LogP contribution < -0.4 is 11.4 Å². The van der Waals surface area contributed by atoms with Crippen LogP contribution in [0.1, 0.15) is 0 Å². The quantitative estimate of drug-likeness (QED) is 0.564. The lowest BCUT2D eigenvalue weighted by molar-refractivity contribution is 0.178. The lowest BCUT2D eigenvalue weighted by Crippen LogP contribution is -2.23. The molecule has 3 N–H and O–H groups in total. The Balaban J connectivity index is 3.02. The highest BCUT2D eigenvalue weighted by molar-refractivity contribution is 5.87. The standard InChI is InChI=1S/C8H7N3O2/c9-7-5-3-1-2-4-6(5)10-8(12)11(7)13/h1-4,13H,9H2. The van der Waals surface area contributed by atoms with E-state index in [1.807, 2.05) is 0 Å². The minimum absolute atomic E-state index is 0.00981. The first-order chi connectivity index (χ1) is 6.20. The molecule has 2 rings (SSSR count). The average Bonchev–Trinajstić information content (AvgIpc) is 2.15. The van der Waals surface area contributed by atoms with Gasteiger partial charge in [0, 0.05) is 5.39 Å². The van der Waals surface area contributed by atoms with E-state index in [4.69, 9.17) is 10.9 Å². The fourth-order valence-electron chi connectivity index (χ4n) is 1.16. The molecule has 66 valence electrons. The second kappa shape index (κ2) is 2.48. The molecule has 0 aliphatic carbocycles. The molecule has 5 nitrogen and oxygen atoms in total. The van der Waals surface area contributed by atoms with Crippen LogP contribution in [-0.4, -0.2) is 14.9 Å². The molecule has 1 heterocycles. The first-order valence-corrected chi connectivity index (χ1v) is 3.66. The second-order valence-electron chi connectivity index (χ2n) is 2.61. The number of rotatable bonds is 0. The summed E-state index contributed by atoms with van der Waals surface area (Å²) in [6, 6.07) is 6.84. The predicted octanol–water partition coefficient (Wildman–Crippen LogP) is 0.216. The number of hydrogen-bond acceptors (Lipinski definition) is 4. The number of para-hydroxylation sites is 1. The van der Waals surface area contributed by atoms with Crippen molar-refractivity contribution in [2.75, 3.05) is 5.73 Å². The van der Waals surface area contributed by atoms with Crippen LogP contribution in [0.2, 0.25) is 0 Å². The van der Waals surface area contributed by atoms with Gasteiger partial charge >= 0.3 is 5.69 Å². The summed E-state index contributed by atoms with van der Waals surface area (Å²) in [6.45, 7) is 0. The minimum Gasteiger partial charge on any atom is -0.422 e. The molecule has 0 radical (unpaired) electrons. The molecule has 0 unspecified atom stereocenters. The zero-order chi connectivity index (χ0) is 9.42. The van der Waals surface area contributed by atoms with Crippen LogP contribution in [0.4, 0.5) is 5.82 Å². The Hall–Kier alpha value is -2.04. The summed E-state index contributed by atoms with van der Waals surface area (Å²) < 4.78 is 0.336. The van der Waals surface area contributed by atoms with Crippen molar-refractivity contribution in [3.8, 4) is 0 Å². The van der Waals surface area contributed by atoms with Crippen LogP contribution in [-0.2, 0) is 0 Å². The Bertz CT molecular complexity index is 518. The highest BCUT2D eigenvalue weighted by Gasteiger charge is 2.05. The van der Waals surface area contributed by atoms with Crippen molar-refractivity contribution in [3.05, 3.63) is 34.7 Å². The average molecular weight is 177 g/mol. The number of benzene rings is 1. The van der Waals surface area contributed by atoms with Gasteiger partial charge in [-0.25, -0.2) is 4.79 Å². The maximum atomic E-state index is 11.0. The van der Waals surface area contributed by atoms with Crippen molar-refractivity contribution in [2.24, 2.45) is 0 Å². The molecule has 0 saturated heterocycles. The number of nitrogen functional groups attached to an aromatic ring is 1. The van der Waals surface area contributed by atoms with Crippen molar-refractivity contribution in [3.63, 3.8) is 0 Å². The van der Waals surface area contributed by atoms with Crippen molar-refractivity contribution in [1.82, 2.24) is 9.71 Å². The molecular formula is C8H7N3O2. The Morgan fingerprint density at radius 1 is 1.38 bits per heavy atom. The number of anilines is 1. The summed E-state index contributed by atoms with van der Waals surface area (Å²) in [6.07, 6.45) is 0. The molecule has 1 aromatic heterocycles. The van der Waals surface area contributed by atoms with Gasteiger partial charge in [0.05, 0.1) is 5.52 Å². The molecule has 0 bridgehead atoms. The van der Waals surface area contributed by atoms with Gasteiger partial charge in [0.1, 0.15) is 0 Å². The molecule has 0 aliphatic rings. The van der Waals surface area contributed by atoms with Gasteiger partial charge in [-0.05, 0) is 12.1 Å². The van der Waals surface area contributed by atoms with Gasteiger partial charge in [-0.15, -0.1) is 4.73 Å². The first kappa shape index (κ1) is 7.60. The number of nitrogens with zero attached hydrogens (tertiary/aromatic N) is 2. The molecule has 0 fully saturated rings. The van der Waals surface area contributed by atoms with Gasteiger partial charge in [-0.2, -0.15) is 4.98 Å². The van der Waals surface area contributed by atoms with Crippen LogP contribution in [0.3, 0.4) is 0 Å². The third kappa shape index (κ3) is 1.01. The predicted molar refractivity (Wildman–Crippen MR) is 47.6 cm³/mol. The summed E-state index contributed by atoms with van der Waals surface area (Å²) in [7, 11) is 0. The Labute approximate surface area is 73.0 Å². The number of fused-ring (bicyclic) bond motifs is 1. The topological polar surface area (TPSA) is 81.1 Å².